The van der Waals surface area contributed by atoms with Crippen molar-refractivity contribution in [3.8, 4) is 11.3 Å². The van der Waals surface area contributed by atoms with Gasteiger partial charge in [-0.15, -0.1) is 0 Å². The number of pyridine rings is 1. The molecule has 0 unspecified atom stereocenters. The monoisotopic (exact) mass is 710 g/mol. The van der Waals surface area contributed by atoms with E-state index in [1.807, 2.05) is 11.9 Å². The average Bonchev–Trinajstić information content (AvgIpc) is 3.81. The van der Waals surface area contributed by atoms with Gasteiger partial charge in [-0.3, -0.25) is 10.2 Å². The third kappa shape index (κ3) is 8.18. The van der Waals surface area contributed by atoms with Gasteiger partial charge in [0, 0.05) is 50.2 Å². The Bertz CT molecular complexity index is 1950. The summed E-state index contributed by atoms with van der Waals surface area (Å²) in [7, 11) is 1.97. The molecule has 0 atom stereocenters. The largest absolute Gasteiger partial charge is 0.464 e. The minimum Gasteiger partial charge on any atom is -0.464 e. The highest BCUT2D eigenvalue weighted by molar-refractivity contribution is 6.14. The molecule has 1 aromatic carbocycles. The topological polar surface area (TPSA) is 171 Å². The van der Waals surface area contributed by atoms with Crippen LogP contribution in [-0.4, -0.2) is 96.7 Å². The smallest absolute Gasteiger partial charge is 0.425 e. The van der Waals surface area contributed by atoms with E-state index in [0.717, 1.165) is 38.3 Å². The molecule has 1 aliphatic heterocycles. The third-order valence-electron chi connectivity index (χ3n) is 8.28. The lowest BCUT2D eigenvalue weighted by atomic mass is 10.0. The summed E-state index contributed by atoms with van der Waals surface area (Å²) < 4.78 is 49.1. The summed E-state index contributed by atoms with van der Waals surface area (Å²) in [5.74, 6) is -0.180. The van der Waals surface area contributed by atoms with E-state index in [-0.39, 0.29) is 46.6 Å². The molecule has 4 amide bonds. The molecule has 1 aliphatic carbocycles. The van der Waals surface area contributed by atoms with Gasteiger partial charge in [-0.1, -0.05) is 6.07 Å². The Kier molecular flexibility index (Phi) is 9.56. The maximum atomic E-state index is 14.0. The standard InChI is InChI=1S/C33H37F3N10O5/c1-32(2,3)51-31(50)45(30(48)49)27-25-26(42-46(22-8-9-22)28(25)39-18-38-27)19-6-10-24(37-16-19)41-29(47)40-21-7-5-20(23(15-21)33(34,35)36)17-44-13-11-43(4)12-14-44/h5-7,10,15-16,18,22H,8-9,11-14,17H2,1-4H3,(H,48,49)(H2,37,40,41,47). The molecule has 0 spiro atoms. The number of anilines is 3. The lowest BCUT2D eigenvalue weighted by Gasteiger charge is -2.33. The summed E-state index contributed by atoms with van der Waals surface area (Å²) in [6.07, 6.45) is -3.23. The summed E-state index contributed by atoms with van der Waals surface area (Å²) in [5.41, 5.74) is -0.804. The number of carboxylic acid groups (broad SMARTS) is 1. The van der Waals surface area contributed by atoms with Gasteiger partial charge in [0.1, 0.15) is 23.4 Å². The van der Waals surface area contributed by atoms with Gasteiger partial charge in [0.2, 0.25) is 0 Å². The number of hydrogen-bond donors (Lipinski definition) is 3. The van der Waals surface area contributed by atoms with Gasteiger partial charge >= 0.3 is 24.4 Å². The van der Waals surface area contributed by atoms with Crippen LogP contribution >= 0.6 is 0 Å². The quantitative estimate of drug-likeness (QED) is 0.204. The number of fused-ring (bicyclic) bond motifs is 1. The number of ether oxygens (including phenoxy) is 1. The molecule has 3 N–H and O–H groups in total. The highest BCUT2D eigenvalue weighted by atomic mass is 19.4. The molecule has 4 heterocycles. The number of aromatic nitrogens is 5. The fourth-order valence-electron chi connectivity index (χ4n) is 5.66. The number of imide groups is 1. The molecule has 0 radical (unpaired) electrons. The van der Waals surface area contributed by atoms with Crippen molar-refractivity contribution in [1.82, 2.24) is 34.5 Å². The molecular formula is C33H37F3N10O5. The van der Waals surface area contributed by atoms with Crippen molar-refractivity contribution in [3.05, 3.63) is 54.0 Å². The maximum absolute atomic E-state index is 14.0. The number of carbonyl (C=O) groups is 3. The van der Waals surface area contributed by atoms with E-state index >= 15 is 0 Å². The van der Waals surface area contributed by atoms with Crippen LogP contribution < -0.4 is 15.5 Å². The van der Waals surface area contributed by atoms with Crippen LogP contribution in [0.5, 0.6) is 0 Å². The first-order valence-corrected chi connectivity index (χ1v) is 16.2. The van der Waals surface area contributed by atoms with Crippen LogP contribution in [0.3, 0.4) is 0 Å². The summed E-state index contributed by atoms with van der Waals surface area (Å²) in [6.45, 7) is 7.79. The Hall–Kier alpha value is -5.36. The summed E-state index contributed by atoms with van der Waals surface area (Å²) in [4.78, 5) is 55.4. The molecular weight excluding hydrogens is 673 g/mol. The molecule has 6 rings (SSSR count). The molecule has 2 fully saturated rings. The predicted molar refractivity (Wildman–Crippen MR) is 180 cm³/mol. The Balaban J connectivity index is 1.22. The van der Waals surface area contributed by atoms with Crippen LogP contribution in [0.2, 0.25) is 0 Å². The third-order valence-corrected chi connectivity index (χ3v) is 8.28. The highest BCUT2D eigenvalue weighted by Gasteiger charge is 2.36. The number of urea groups is 1. The molecule has 51 heavy (non-hydrogen) atoms. The second kappa shape index (κ2) is 13.7. The molecule has 18 heteroatoms. The molecule has 4 aromatic rings. The van der Waals surface area contributed by atoms with Crippen LogP contribution in [0.4, 0.5) is 44.9 Å². The fourth-order valence-corrected chi connectivity index (χ4v) is 5.66. The number of amides is 4. The van der Waals surface area contributed by atoms with Crippen molar-refractivity contribution in [2.24, 2.45) is 0 Å². The number of halogens is 3. The molecule has 15 nitrogen and oxygen atoms in total. The summed E-state index contributed by atoms with van der Waals surface area (Å²) in [5, 5.41) is 19.8. The fraction of sp³-hybridized carbons (Fsp3) is 0.424. The van der Waals surface area contributed by atoms with E-state index < -0.39 is 35.6 Å². The average molecular weight is 711 g/mol. The first kappa shape index (κ1) is 35.5. The van der Waals surface area contributed by atoms with Crippen LogP contribution in [0, 0.1) is 0 Å². The first-order chi connectivity index (χ1) is 24.1. The van der Waals surface area contributed by atoms with Gasteiger partial charge < -0.3 is 20.1 Å². The van der Waals surface area contributed by atoms with Gasteiger partial charge in [-0.25, -0.2) is 34.0 Å². The van der Waals surface area contributed by atoms with E-state index in [1.54, 1.807) is 31.5 Å². The number of nitrogens with zero attached hydrogens (tertiary/aromatic N) is 8. The zero-order chi connectivity index (χ0) is 36.7. The lowest BCUT2D eigenvalue weighted by molar-refractivity contribution is -0.138. The van der Waals surface area contributed by atoms with Crippen molar-refractivity contribution >= 4 is 46.6 Å². The Morgan fingerprint density at radius 1 is 1.00 bits per heavy atom. The van der Waals surface area contributed by atoms with Crippen LogP contribution in [0.1, 0.15) is 50.8 Å². The molecule has 3 aromatic heterocycles. The minimum absolute atomic E-state index is 0.0140. The number of rotatable bonds is 7. The van der Waals surface area contributed by atoms with E-state index in [1.165, 1.54) is 24.4 Å². The summed E-state index contributed by atoms with van der Waals surface area (Å²) >= 11 is 0. The van der Waals surface area contributed by atoms with Crippen molar-refractivity contribution < 1.29 is 37.4 Å². The number of hydrogen-bond acceptors (Lipinski definition) is 10. The van der Waals surface area contributed by atoms with E-state index in [0.29, 0.717) is 29.2 Å². The maximum Gasteiger partial charge on any atom is 0.425 e. The Labute approximate surface area is 290 Å². The number of likely N-dealkylation sites (N-methyl/N-ethyl adjacent to an activating group) is 1. The lowest BCUT2D eigenvalue weighted by Crippen LogP contribution is -2.44. The molecule has 1 saturated heterocycles. The van der Waals surface area contributed by atoms with Crippen LogP contribution in [-0.2, 0) is 17.5 Å². The van der Waals surface area contributed by atoms with E-state index in [4.69, 9.17) is 4.74 Å². The van der Waals surface area contributed by atoms with Crippen molar-refractivity contribution in [1.29, 1.82) is 0 Å². The van der Waals surface area contributed by atoms with Gasteiger partial charge in [0.05, 0.1) is 17.0 Å². The van der Waals surface area contributed by atoms with Crippen molar-refractivity contribution in [2.75, 3.05) is 48.8 Å². The molecule has 270 valence electrons. The second-order valence-corrected chi connectivity index (χ2v) is 13.5. The summed E-state index contributed by atoms with van der Waals surface area (Å²) in [6, 6.07) is 5.93. The van der Waals surface area contributed by atoms with E-state index in [2.05, 4.69) is 35.6 Å². The van der Waals surface area contributed by atoms with Crippen molar-refractivity contribution in [3.63, 3.8) is 0 Å². The minimum atomic E-state index is -4.62. The van der Waals surface area contributed by atoms with Gasteiger partial charge in [-0.05, 0) is 70.5 Å². The highest BCUT2D eigenvalue weighted by Crippen LogP contribution is 2.41. The van der Waals surface area contributed by atoms with Crippen LogP contribution in [0.25, 0.3) is 22.3 Å². The second-order valence-electron chi connectivity index (χ2n) is 13.5. The number of benzene rings is 1. The van der Waals surface area contributed by atoms with Gasteiger partial charge in [0.15, 0.2) is 11.5 Å². The van der Waals surface area contributed by atoms with E-state index in [9.17, 15) is 32.7 Å². The zero-order valence-electron chi connectivity index (χ0n) is 28.4. The molecule has 1 saturated carbocycles. The van der Waals surface area contributed by atoms with Crippen LogP contribution in [0.15, 0.2) is 42.9 Å². The van der Waals surface area contributed by atoms with Crippen molar-refractivity contribution in [2.45, 2.75) is 58.0 Å². The molecule has 0 bridgehead atoms. The number of piperazine rings is 1. The SMILES string of the molecule is CN1CCN(Cc2ccc(NC(=O)Nc3ccc(-c4nn(C5CC5)c5ncnc(N(C(=O)O)C(=O)OC(C)(C)C)c45)cn3)cc2C(F)(F)F)CC1. The normalized spacial score (nSPS) is 15.8. The Morgan fingerprint density at radius 2 is 1.73 bits per heavy atom. The first-order valence-electron chi connectivity index (χ1n) is 16.2. The zero-order valence-corrected chi connectivity index (χ0v) is 28.4. The van der Waals surface area contributed by atoms with Gasteiger partial charge in [-0.2, -0.15) is 23.2 Å². The number of alkyl halides is 3. The number of carbonyl (C=O) groups excluding carboxylic acids is 2. The predicted octanol–water partition coefficient (Wildman–Crippen LogP) is 6.05. The Morgan fingerprint density at radius 3 is 2.33 bits per heavy atom. The number of nitrogens with one attached hydrogen (secondary N) is 2. The van der Waals surface area contributed by atoms with Gasteiger partial charge in [0.25, 0.3) is 0 Å². The molecule has 2 aliphatic rings.